The Morgan fingerprint density at radius 3 is 2.31 bits per heavy atom. The van der Waals surface area contributed by atoms with E-state index in [1.54, 1.807) is 11.3 Å². The third kappa shape index (κ3) is 2.60. The number of alkyl halides is 1. The lowest BCUT2D eigenvalue weighted by atomic mass is 9.97. The molecule has 0 spiro atoms. The molecule has 1 aromatic heterocycles. The van der Waals surface area contributed by atoms with Gasteiger partial charge in [0.25, 0.3) is 0 Å². The molecular formula is C13H12Cl2S. The highest BCUT2D eigenvalue weighted by Crippen LogP contribution is 2.40. The highest BCUT2D eigenvalue weighted by molar-refractivity contribution is 7.16. The van der Waals surface area contributed by atoms with Crippen molar-refractivity contribution in [2.45, 2.75) is 18.2 Å². The van der Waals surface area contributed by atoms with Crippen LogP contribution in [0, 0.1) is 0 Å². The minimum Gasteiger partial charge on any atom is -0.127 e. The van der Waals surface area contributed by atoms with Crippen LogP contribution in [0.4, 0.5) is 0 Å². The molecule has 2 atom stereocenters. The summed E-state index contributed by atoms with van der Waals surface area (Å²) in [5, 5.41) is -0.0140. The zero-order valence-corrected chi connectivity index (χ0v) is 11.2. The molecule has 0 nitrogen and oxygen atoms in total. The minimum atomic E-state index is -0.0140. The van der Waals surface area contributed by atoms with Crippen LogP contribution in [0.15, 0.2) is 42.5 Å². The molecular weight excluding hydrogens is 259 g/mol. The van der Waals surface area contributed by atoms with Gasteiger partial charge in [-0.2, -0.15) is 0 Å². The second-order valence-electron chi connectivity index (χ2n) is 3.74. The van der Waals surface area contributed by atoms with Crippen molar-refractivity contribution in [3.8, 4) is 0 Å². The van der Waals surface area contributed by atoms with Gasteiger partial charge in [0, 0.05) is 10.8 Å². The van der Waals surface area contributed by atoms with E-state index in [2.05, 4.69) is 19.1 Å². The zero-order chi connectivity index (χ0) is 11.5. The van der Waals surface area contributed by atoms with Crippen LogP contribution in [-0.2, 0) is 0 Å². The van der Waals surface area contributed by atoms with Crippen molar-refractivity contribution in [3.63, 3.8) is 0 Å². The van der Waals surface area contributed by atoms with Crippen LogP contribution in [0.3, 0.4) is 0 Å². The Bertz CT molecular complexity index is 450. The van der Waals surface area contributed by atoms with E-state index in [4.69, 9.17) is 23.2 Å². The summed E-state index contributed by atoms with van der Waals surface area (Å²) in [7, 11) is 0. The summed E-state index contributed by atoms with van der Waals surface area (Å²) >= 11 is 13.9. The van der Waals surface area contributed by atoms with E-state index in [0.29, 0.717) is 0 Å². The second-order valence-corrected chi connectivity index (χ2v) is 5.96. The molecule has 0 N–H and O–H groups in total. The van der Waals surface area contributed by atoms with Crippen LogP contribution in [0.25, 0.3) is 0 Å². The summed E-state index contributed by atoms with van der Waals surface area (Å²) in [6, 6.07) is 14.2. The van der Waals surface area contributed by atoms with Crippen LogP contribution in [0.2, 0.25) is 4.34 Å². The average Bonchev–Trinajstić information content (AvgIpc) is 2.75. The van der Waals surface area contributed by atoms with Crippen LogP contribution >= 0.6 is 34.5 Å². The van der Waals surface area contributed by atoms with Gasteiger partial charge in [-0.15, -0.1) is 22.9 Å². The molecule has 0 bridgehead atoms. The number of hydrogen-bond acceptors (Lipinski definition) is 1. The molecule has 0 fully saturated rings. The number of thiophene rings is 1. The predicted molar refractivity (Wildman–Crippen MR) is 72.8 cm³/mol. The SMILES string of the molecule is CC(c1ccccc1)C(Cl)c1ccc(Cl)s1. The molecule has 0 saturated carbocycles. The van der Waals surface area contributed by atoms with Gasteiger partial charge in [0.05, 0.1) is 9.71 Å². The monoisotopic (exact) mass is 270 g/mol. The number of rotatable bonds is 3. The van der Waals surface area contributed by atoms with Gasteiger partial charge in [-0.25, -0.2) is 0 Å². The molecule has 0 aliphatic carbocycles. The van der Waals surface area contributed by atoms with Gasteiger partial charge in [-0.1, -0.05) is 48.9 Å². The van der Waals surface area contributed by atoms with Crippen LogP contribution in [-0.4, -0.2) is 0 Å². The van der Waals surface area contributed by atoms with E-state index in [9.17, 15) is 0 Å². The fraction of sp³-hybridized carbons (Fsp3) is 0.231. The first-order valence-electron chi connectivity index (χ1n) is 5.12. The van der Waals surface area contributed by atoms with Gasteiger partial charge >= 0.3 is 0 Å². The maximum atomic E-state index is 6.46. The van der Waals surface area contributed by atoms with Crippen molar-refractivity contribution in [1.82, 2.24) is 0 Å². The van der Waals surface area contributed by atoms with Crippen LogP contribution < -0.4 is 0 Å². The predicted octanol–water partition coefficient (Wildman–Crippen LogP) is 5.49. The molecule has 2 unspecified atom stereocenters. The summed E-state index contributed by atoms with van der Waals surface area (Å²) < 4.78 is 0.793. The third-order valence-corrected chi connectivity index (χ3v) is 4.69. The molecule has 1 aromatic carbocycles. The van der Waals surface area contributed by atoms with Crippen molar-refractivity contribution in [2.75, 3.05) is 0 Å². The highest BCUT2D eigenvalue weighted by Gasteiger charge is 2.19. The third-order valence-electron chi connectivity index (χ3n) is 2.63. The van der Waals surface area contributed by atoms with E-state index in [1.165, 1.54) is 5.56 Å². The Morgan fingerprint density at radius 1 is 1.06 bits per heavy atom. The summed E-state index contributed by atoms with van der Waals surface area (Å²) in [6.07, 6.45) is 0. The largest absolute Gasteiger partial charge is 0.127 e. The van der Waals surface area contributed by atoms with E-state index in [-0.39, 0.29) is 11.3 Å². The Balaban J connectivity index is 2.19. The van der Waals surface area contributed by atoms with Crippen LogP contribution in [0.5, 0.6) is 0 Å². The molecule has 0 amide bonds. The second kappa shape index (κ2) is 5.22. The lowest BCUT2D eigenvalue weighted by molar-refractivity contribution is 0.742. The smallest absolute Gasteiger partial charge is 0.0931 e. The number of benzene rings is 1. The molecule has 3 heteroatoms. The van der Waals surface area contributed by atoms with Crippen LogP contribution in [0.1, 0.15) is 28.7 Å². The fourth-order valence-corrected chi connectivity index (χ4v) is 3.14. The van der Waals surface area contributed by atoms with E-state index in [0.717, 1.165) is 9.21 Å². The standard InChI is InChI=1S/C13H12Cl2S/c1-9(10-5-3-2-4-6-10)13(15)11-7-8-12(14)16-11/h2-9,13H,1H3. The first-order chi connectivity index (χ1) is 7.68. The molecule has 84 valence electrons. The van der Waals surface area contributed by atoms with Gasteiger partial charge in [-0.3, -0.25) is 0 Å². The van der Waals surface area contributed by atoms with Crippen molar-refractivity contribution >= 4 is 34.5 Å². The Kier molecular flexibility index (Phi) is 3.91. The molecule has 0 radical (unpaired) electrons. The van der Waals surface area contributed by atoms with Gasteiger partial charge in [0.2, 0.25) is 0 Å². The molecule has 16 heavy (non-hydrogen) atoms. The maximum Gasteiger partial charge on any atom is 0.0931 e. The topological polar surface area (TPSA) is 0 Å². The molecule has 1 heterocycles. The molecule has 0 aliphatic heterocycles. The van der Waals surface area contributed by atoms with E-state index < -0.39 is 0 Å². The van der Waals surface area contributed by atoms with Gasteiger partial charge in [0.15, 0.2) is 0 Å². The Morgan fingerprint density at radius 2 is 1.75 bits per heavy atom. The molecule has 2 aromatic rings. The van der Waals surface area contributed by atoms with E-state index >= 15 is 0 Å². The molecule has 2 rings (SSSR count). The lowest BCUT2D eigenvalue weighted by Gasteiger charge is -2.16. The quantitative estimate of drug-likeness (QED) is 0.648. The fourth-order valence-electron chi connectivity index (χ4n) is 1.65. The summed E-state index contributed by atoms with van der Waals surface area (Å²) in [5.74, 6) is 0.289. The zero-order valence-electron chi connectivity index (χ0n) is 8.86. The first kappa shape index (κ1) is 12.0. The number of halogens is 2. The van der Waals surface area contributed by atoms with Gasteiger partial charge in [0.1, 0.15) is 0 Å². The summed E-state index contributed by atoms with van der Waals surface area (Å²) in [6.45, 7) is 2.14. The number of hydrogen-bond donors (Lipinski definition) is 0. The summed E-state index contributed by atoms with van der Waals surface area (Å²) in [5.41, 5.74) is 1.26. The van der Waals surface area contributed by atoms with E-state index in [1.807, 2.05) is 30.3 Å². The van der Waals surface area contributed by atoms with Crippen molar-refractivity contribution < 1.29 is 0 Å². The summed E-state index contributed by atoms with van der Waals surface area (Å²) in [4.78, 5) is 1.13. The minimum absolute atomic E-state index is 0.0140. The normalized spacial score (nSPS) is 14.7. The highest BCUT2D eigenvalue weighted by atomic mass is 35.5. The Labute approximate surface area is 110 Å². The first-order valence-corrected chi connectivity index (χ1v) is 6.76. The Hall–Kier alpha value is -0.500. The van der Waals surface area contributed by atoms with Gasteiger partial charge < -0.3 is 0 Å². The van der Waals surface area contributed by atoms with Crippen molar-refractivity contribution in [2.24, 2.45) is 0 Å². The maximum absolute atomic E-state index is 6.46. The molecule has 0 saturated heterocycles. The molecule has 0 aliphatic rings. The average molecular weight is 271 g/mol. The lowest BCUT2D eigenvalue weighted by Crippen LogP contribution is -2.00. The van der Waals surface area contributed by atoms with Gasteiger partial charge in [-0.05, 0) is 17.7 Å². The van der Waals surface area contributed by atoms with Crippen molar-refractivity contribution in [3.05, 3.63) is 57.2 Å². The van der Waals surface area contributed by atoms with Crippen molar-refractivity contribution in [1.29, 1.82) is 0 Å².